The Morgan fingerprint density at radius 3 is 2.60 bits per heavy atom. The summed E-state index contributed by atoms with van der Waals surface area (Å²) in [6.45, 7) is 0. The summed E-state index contributed by atoms with van der Waals surface area (Å²) in [6, 6.07) is 0. The maximum atomic E-state index is 10.7. The lowest BCUT2D eigenvalue weighted by Crippen LogP contribution is -2.26. The molecule has 0 bridgehead atoms. The van der Waals surface area contributed by atoms with Crippen LogP contribution < -0.4 is 0 Å². The van der Waals surface area contributed by atoms with E-state index in [1.54, 1.807) is 0 Å². The molecular weight excluding hydrogens is 136 g/mol. The highest BCUT2D eigenvalue weighted by molar-refractivity contribution is 5.95. The zero-order valence-electron chi connectivity index (χ0n) is 5.55. The molecule has 0 atom stereocenters. The summed E-state index contributed by atoms with van der Waals surface area (Å²) < 4.78 is 8.95. The monoisotopic (exact) mass is 143 g/mol. The predicted molar refractivity (Wildman–Crippen MR) is 30.6 cm³/mol. The first-order chi connectivity index (χ1) is 4.74. The van der Waals surface area contributed by atoms with Crippen LogP contribution >= 0.6 is 0 Å². The molecule has 10 heavy (non-hydrogen) atoms. The molecule has 0 saturated carbocycles. The molecule has 0 unspecified atom stereocenters. The Bertz CT molecular complexity index is 163. The summed E-state index contributed by atoms with van der Waals surface area (Å²) in [4.78, 5) is 21.2. The summed E-state index contributed by atoms with van der Waals surface area (Å²) in [7, 11) is 1.30. The number of rotatable bonds is 1. The van der Waals surface area contributed by atoms with Crippen molar-refractivity contribution in [2.45, 2.75) is 12.8 Å². The van der Waals surface area contributed by atoms with Crippen molar-refractivity contribution in [1.29, 1.82) is 0 Å². The van der Waals surface area contributed by atoms with E-state index in [0.717, 1.165) is 0 Å². The van der Waals surface area contributed by atoms with Crippen LogP contribution in [-0.2, 0) is 19.1 Å². The van der Waals surface area contributed by atoms with E-state index in [0.29, 0.717) is 0 Å². The number of carbonyl (C=O) groups is 2. The van der Waals surface area contributed by atoms with Crippen LogP contribution in [0.4, 0.5) is 0 Å². The van der Waals surface area contributed by atoms with Crippen molar-refractivity contribution in [3.63, 3.8) is 0 Å². The molecule has 1 saturated heterocycles. The van der Waals surface area contributed by atoms with Crippen LogP contribution in [0.15, 0.2) is 0 Å². The van der Waals surface area contributed by atoms with Gasteiger partial charge in [0.15, 0.2) is 0 Å². The van der Waals surface area contributed by atoms with Crippen LogP contribution in [0.25, 0.3) is 0 Å². The third kappa shape index (κ3) is 1.33. The van der Waals surface area contributed by atoms with Gasteiger partial charge in [-0.15, -0.1) is 0 Å². The molecule has 1 aliphatic rings. The van der Waals surface area contributed by atoms with Crippen LogP contribution in [0.1, 0.15) is 12.8 Å². The SMILES string of the molecule is CO[C]1OC(=O)CCC1=O. The fraction of sp³-hybridized carbons (Fsp3) is 0.500. The lowest BCUT2D eigenvalue weighted by atomic mass is 10.2. The molecule has 0 aromatic rings. The largest absolute Gasteiger partial charge is 0.418 e. The summed E-state index contributed by atoms with van der Waals surface area (Å²) >= 11 is 0. The van der Waals surface area contributed by atoms with Crippen LogP contribution in [0.3, 0.4) is 0 Å². The van der Waals surface area contributed by atoms with Crippen molar-refractivity contribution in [1.82, 2.24) is 0 Å². The van der Waals surface area contributed by atoms with E-state index in [-0.39, 0.29) is 24.9 Å². The van der Waals surface area contributed by atoms with Crippen molar-refractivity contribution in [3.05, 3.63) is 6.29 Å². The number of hydrogen-bond donors (Lipinski definition) is 0. The molecule has 1 heterocycles. The molecule has 0 aliphatic carbocycles. The van der Waals surface area contributed by atoms with Gasteiger partial charge < -0.3 is 9.47 Å². The highest BCUT2D eigenvalue weighted by Crippen LogP contribution is 2.16. The highest BCUT2D eigenvalue weighted by Gasteiger charge is 2.30. The fourth-order valence-electron chi connectivity index (χ4n) is 0.684. The van der Waals surface area contributed by atoms with E-state index in [1.807, 2.05) is 0 Å². The van der Waals surface area contributed by atoms with E-state index in [4.69, 9.17) is 0 Å². The average molecular weight is 143 g/mol. The van der Waals surface area contributed by atoms with Gasteiger partial charge in [-0.25, -0.2) is 0 Å². The topological polar surface area (TPSA) is 52.6 Å². The average Bonchev–Trinajstić information content (AvgIpc) is 1.94. The Kier molecular flexibility index (Phi) is 2.01. The third-order valence-electron chi connectivity index (χ3n) is 1.18. The van der Waals surface area contributed by atoms with Crippen LogP contribution in [0.2, 0.25) is 0 Å². The summed E-state index contributed by atoms with van der Waals surface area (Å²) in [5, 5.41) is 0. The summed E-state index contributed by atoms with van der Waals surface area (Å²) in [5.41, 5.74) is 0. The van der Waals surface area contributed by atoms with Crippen molar-refractivity contribution >= 4 is 11.8 Å². The molecule has 0 amide bonds. The molecule has 1 radical (unpaired) electrons. The van der Waals surface area contributed by atoms with Crippen molar-refractivity contribution in [2.24, 2.45) is 0 Å². The van der Waals surface area contributed by atoms with Crippen LogP contribution in [0, 0.1) is 6.29 Å². The highest BCUT2D eigenvalue weighted by atomic mass is 16.7. The summed E-state index contributed by atoms with van der Waals surface area (Å²) in [5.74, 6) is -0.654. The Balaban J connectivity index is 2.53. The number of esters is 1. The number of carbonyl (C=O) groups excluding carboxylic acids is 2. The first kappa shape index (κ1) is 7.21. The number of ether oxygens (including phenoxy) is 2. The van der Waals surface area contributed by atoms with Crippen molar-refractivity contribution < 1.29 is 19.1 Å². The molecule has 0 aromatic heterocycles. The standard InChI is InChI=1S/C6H7O4/c1-9-6-4(7)2-3-5(8)10-6/h2-3H2,1H3. The van der Waals surface area contributed by atoms with E-state index < -0.39 is 5.97 Å². The third-order valence-corrected chi connectivity index (χ3v) is 1.18. The van der Waals surface area contributed by atoms with Gasteiger partial charge in [0.25, 0.3) is 0 Å². The van der Waals surface area contributed by atoms with E-state index in [1.165, 1.54) is 7.11 Å². The Morgan fingerprint density at radius 1 is 1.40 bits per heavy atom. The van der Waals surface area contributed by atoms with E-state index >= 15 is 0 Å². The van der Waals surface area contributed by atoms with Gasteiger partial charge in [-0.1, -0.05) is 0 Å². The van der Waals surface area contributed by atoms with Gasteiger partial charge >= 0.3 is 12.3 Å². The Labute approximate surface area is 58.1 Å². The lowest BCUT2D eigenvalue weighted by molar-refractivity contribution is -0.165. The molecule has 55 valence electrons. The molecule has 0 spiro atoms. The van der Waals surface area contributed by atoms with Gasteiger partial charge in [-0.3, -0.25) is 9.59 Å². The smallest absolute Gasteiger partial charge is 0.348 e. The normalized spacial score (nSPS) is 20.9. The number of hydrogen-bond acceptors (Lipinski definition) is 4. The van der Waals surface area contributed by atoms with Gasteiger partial charge in [0.2, 0.25) is 5.78 Å². The van der Waals surface area contributed by atoms with Crippen molar-refractivity contribution in [2.75, 3.05) is 7.11 Å². The minimum atomic E-state index is -0.406. The van der Waals surface area contributed by atoms with Gasteiger partial charge in [0.05, 0.1) is 6.42 Å². The number of Topliss-reactive ketones (excluding diaryl/α,β-unsaturated/α-hetero) is 1. The Hall–Kier alpha value is -0.900. The predicted octanol–water partition coefficient (Wildman–Crippen LogP) is 0.0284. The van der Waals surface area contributed by atoms with E-state index in [2.05, 4.69) is 9.47 Å². The molecule has 0 N–H and O–H groups in total. The lowest BCUT2D eigenvalue weighted by Gasteiger charge is -2.16. The maximum absolute atomic E-state index is 10.7. The second kappa shape index (κ2) is 2.79. The van der Waals surface area contributed by atoms with Crippen molar-refractivity contribution in [3.8, 4) is 0 Å². The summed E-state index contributed by atoms with van der Waals surface area (Å²) in [6.07, 6.45) is 0.171. The zero-order valence-corrected chi connectivity index (χ0v) is 5.55. The first-order valence-electron chi connectivity index (χ1n) is 2.89. The van der Waals surface area contributed by atoms with Crippen LogP contribution in [0.5, 0.6) is 0 Å². The molecule has 1 aliphatic heterocycles. The number of cyclic esters (lactones) is 1. The van der Waals surface area contributed by atoms with Gasteiger partial charge in [0.1, 0.15) is 0 Å². The minimum absolute atomic E-state index is 0.158. The number of ketones is 1. The fourth-order valence-corrected chi connectivity index (χ4v) is 0.684. The second-order valence-corrected chi connectivity index (χ2v) is 1.89. The van der Waals surface area contributed by atoms with Crippen LogP contribution in [-0.4, -0.2) is 18.9 Å². The van der Waals surface area contributed by atoms with Gasteiger partial charge in [-0.05, 0) is 0 Å². The quantitative estimate of drug-likeness (QED) is 0.486. The maximum Gasteiger partial charge on any atom is 0.348 e. The Morgan fingerprint density at radius 2 is 2.10 bits per heavy atom. The molecular formula is C6H7O4. The molecule has 1 fully saturated rings. The molecule has 1 rings (SSSR count). The number of methoxy groups -OCH3 is 1. The second-order valence-electron chi connectivity index (χ2n) is 1.89. The zero-order chi connectivity index (χ0) is 7.56. The van der Waals surface area contributed by atoms with Gasteiger partial charge in [0, 0.05) is 13.5 Å². The van der Waals surface area contributed by atoms with E-state index in [9.17, 15) is 9.59 Å². The molecule has 4 heteroatoms. The minimum Gasteiger partial charge on any atom is -0.418 e. The molecule has 4 nitrogen and oxygen atoms in total. The molecule has 0 aromatic carbocycles. The first-order valence-corrected chi connectivity index (χ1v) is 2.89. The van der Waals surface area contributed by atoms with Gasteiger partial charge in [-0.2, -0.15) is 0 Å².